The van der Waals surface area contributed by atoms with Crippen molar-refractivity contribution in [3.63, 3.8) is 0 Å². The second-order valence-corrected chi connectivity index (χ2v) is 5.08. The number of fused-ring (bicyclic) bond motifs is 2. The van der Waals surface area contributed by atoms with E-state index < -0.39 is 11.6 Å². The molecule has 3 atom stereocenters. The van der Waals surface area contributed by atoms with Crippen molar-refractivity contribution in [2.75, 3.05) is 0 Å². The highest BCUT2D eigenvalue weighted by atomic mass is 16.6. The van der Waals surface area contributed by atoms with Crippen molar-refractivity contribution >= 4 is 11.9 Å². The zero-order valence-electron chi connectivity index (χ0n) is 10.6. The average Bonchev–Trinajstić information content (AvgIpc) is 2.26. The molecule has 2 aliphatic rings. The van der Waals surface area contributed by atoms with Crippen LogP contribution in [0.25, 0.3) is 0 Å². The van der Waals surface area contributed by atoms with Crippen LogP contribution in [-0.4, -0.2) is 23.6 Å². The molecular formula is C14H18O4. The van der Waals surface area contributed by atoms with Gasteiger partial charge in [0.05, 0.1) is 0 Å². The Balaban J connectivity index is 2.12. The van der Waals surface area contributed by atoms with Crippen LogP contribution in [0.3, 0.4) is 0 Å². The van der Waals surface area contributed by atoms with E-state index in [1.807, 2.05) is 0 Å². The summed E-state index contributed by atoms with van der Waals surface area (Å²) in [5.41, 5.74) is -0.525. The van der Waals surface area contributed by atoms with Gasteiger partial charge in [-0.1, -0.05) is 18.7 Å². The number of carbonyl (C=O) groups is 2. The van der Waals surface area contributed by atoms with Gasteiger partial charge in [-0.05, 0) is 18.8 Å². The minimum Gasteiger partial charge on any atom is -0.462 e. The number of rotatable bonds is 3. The zero-order valence-corrected chi connectivity index (χ0v) is 10.6. The van der Waals surface area contributed by atoms with Gasteiger partial charge in [0.15, 0.2) is 0 Å². The number of carbonyl (C=O) groups excluding carboxylic acids is 2. The first kappa shape index (κ1) is 12.9. The van der Waals surface area contributed by atoms with Crippen molar-refractivity contribution in [1.29, 1.82) is 0 Å². The van der Waals surface area contributed by atoms with Crippen LogP contribution in [0.1, 0.15) is 32.6 Å². The van der Waals surface area contributed by atoms with E-state index in [0.29, 0.717) is 18.8 Å². The third-order valence-electron chi connectivity index (χ3n) is 3.51. The maximum atomic E-state index is 11.4. The minimum atomic E-state index is -0.525. The van der Waals surface area contributed by atoms with Crippen LogP contribution in [0.2, 0.25) is 0 Å². The second kappa shape index (κ2) is 4.96. The van der Waals surface area contributed by atoms with Gasteiger partial charge in [0.1, 0.15) is 11.7 Å². The van der Waals surface area contributed by atoms with Crippen LogP contribution in [-0.2, 0) is 19.1 Å². The average molecular weight is 250 g/mol. The topological polar surface area (TPSA) is 52.6 Å². The maximum absolute atomic E-state index is 11.4. The first-order valence-corrected chi connectivity index (χ1v) is 6.22. The fourth-order valence-electron chi connectivity index (χ4n) is 2.97. The zero-order chi connectivity index (χ0) is 13.2. The van der Waals surface area contributed by atoms with Gasteiger partial charge in [0.2, 0.25) is 0 Å². The van der Waals surface area contributed by atoms with Crippen LogP contribution < -0.4 is 0 Å². The Hall–Kier alpha value is -1.58. The molecule has 0 radical (unpaired) electrons. The molecule has 4 heteroatoms. The van der Waals surface area contributed by atoms with Gasteiger partial charge in [0, 0.05) is 25.8 Å². The lowest BCUT2D eigenvalue weighted by Crippen LogP contribution is -2.46. The van der Waals surface area contributed by atoms with E-state index in [0.717, 1.165) is 12.8 Å². The van der Waals surface area contributed by atoms with Crippen molar-refractivity contribution in [3.05, 3.63) is 24.8 Å². The smallest absolute Gasteiger partial charge is 0.330 e. The van der Waals surface area contributed by atoms with Gasteiger partial charge in [-0.3, -0.25) is 4.79 Å². The third-order valence-corrected chi connectivity index (χ3v) is 3.51. The summed E-state index contributed by atoms with van der Waals surface area (Å²) < 4.78 is 10.8. The fourth-order valence-corrected chi connectivity index (χ4v) is 2.97. The lowest BCUT2D eigenvalue weighted by Gasteiger charge is -2.44. The molecule has 98 valence electrons. The molecule has 0 aromatic rings. The summed E-state index contributed by atoms with van der Waals surface area (Å²) in [5, 5.41) is 0. The Bertz CT molecular complexity index is 399. The number of ether oxygens (including phenoxy) is 2. The molecule has 1 fully saturated rings. The normalized spacial score (nSPS) is 33.6. The molecule has 0 aromatic carbocycles. The van der Waals surface area contributed by atoms with E-state index >= 15 is 0 Å². The lowest BCUT2D eigenvalue weighted by molar-refractivity contribution is -0.170. The molecule has 4 nitrogen and oxygen atoms in total. The van der Waals surface area contributed by atoms with E-state index in [1.54, 1.807) is 0 Å². The maximum Gasteiger partial charge on any atom is 0.330 e. The fraction of sp³-hybridized carbons (Fsp3) is 0.571. The van der Waals surface area contributed by atoms with Crippen LogP contribution >= 0.6 is 0 Å². The number of allylic oxidation sites excluding steroid dienone is 1. The molecule has 18 heavy (non-hydrogen) atoms. The van der Waals surface area contributed by atoms with Gasteiger partial charge in [-0.25, -0.2) is 4.79 Å². The van der Waals surface area contributed by atoms with Gasteiger partial charge in [-0.2, -0.15) is 0 Å². The summed E-state index contributed by atoms with van der Waals surface area (Å²) in [4.78, 5) is 22.5. The molecule has 2 rings (SSSR count). The van der Waals surface area contributed by atoms with Crippen molar-refractivity contribution in [2.45, 2.75) is 44.3 Å². The number of esters is 2. The largest absolute Gasteiger partial charge is 0.462 e. The van der Waals surface area contributed by atoms with Crippen molar-refractivity contribution in [1.82, 2.24) is 0 Å². The molecule has 0 aromatic heterocycles. The number of hydrogen-bond acceptors (Lipinski definition) is 4. The SMILES string of the molecule is C=CC(=O)OC12CC=CC(CC(OC(C)=O)C1)C2. The third kappa shape index (κ3) is 2.81. The van der Waals surface area contributed by atoms with Crippen LogP contribution in [0.15, 0.2) is 24.8 Å². The summed E-state index contributed by atoms with van der Waals surface area (Å²) in [6.45, 7) is 4.82. The Labute approximate surface area is 107 Å². The molecule has 2 aliphatic carbocycles. The molecule has 2 bridgehead atoms. The second-order valence-electron chi connectivity index (χ2n) is 5.08. The van der Waals surface area contributed by atoms with E-state index in [2.05, 4.69) is 18.7 Å². The molecule has 0 saturated heterocycles. The first-order valence-electron chi connectivity index (χ1n) is 6.22. The molecule has 0 aliphatic heterocycles. The monoisotopic (exact) mass is 250 g/mol. The molecule has 3 unspecified atom stereocenters. The van der Waals surface area contributed by atoms with Gasteiger partial charge in [0.25, 0.3) is 0 Å². The molecule has 0 spiro atoms. The highest BCUT2D eigenvalue weighted by Gasteiger charge is 2.45. The number of hydrogen-bond donors (Lipinski definition) is 0. The summed E-state index contributed by atoms with van der Waals surface area (Å²) >= 11 is 0. The standard InChI is InChI=1S/C14H18O4/c1-3-13(16)18-14-6-4-5-11(8-14)7-12(9-14)17-10(2)15/h3-5,11-12H,1,6-9H2,2H3. The quantitative estimate of drug-likeness (QED) is 0.437. The van der Waals surface area contributed by atoms with Crippen molar-refractivity contribution < 1.29 is 19.1 Å². The van der Waals surface area contributed by atoms with Crippen LogP contribution in [0.4, 0.5) is 0 Å². The molecule has 0 amide bonds. The van der Waals surface area contributed by atoms with E-state index in [4.69, 9.17) is 9.47 Å². The van der Waals surface area contributed by atoms with Crippen molar-refractivity contribution in [2.24, 2.45) is 5.92 Å². The Morgan fingerprint density at radius 3 is 2.89 bits per heavy atom. The predicted octanol–water partition coefficient (Wildman–Crippen LogP) is 2.15. The first-order chi connectivity index (χ1) is 8.53. The van der Waals surface area contributed by atoms with Crippen LogP contribution in [0, 0.1) is 5.92 Å². The van der Waals surface area contributed by atoms with E-state index in [1.165, 1.54) is 13.0 Å². The molecule has 0 N–H and O–H groups in total. The summed E-state index contributed by atoms with van der Waals surface area (Å²) in [6.07, 6.45) is 8.06. The van der Waals surface area contributed by atoms with Gasteiger partial charge < -0.3 is 9.47 Å². The summed E-state index contributed by atoms with van der Waals surface area (Å²) in [5.74, 6) is -0.379. The van der Waals surface area contributed by atoms with Crippen molar-refractivity contribution in [3.8, 4) is 0 Å². The Morgan fingerprint density at radius 2 is 2.22 bits per heavy atom. The molecular weight excluding hydrogens is 232 g/mol. The van der Waals surface area contributed by atoms with Gasteiger partial charge in [-0.15, -0.1) is 0 Å². The lowest BCUT2D eigenvalue weighted by atomic mass is 9.71. The van der Waals surface area contributed by atoms with Gasteiger partial charge >= 0.3 is 11.9 Å². The highest BCUT2D eigenvalue weighted by molar-refractivity contribution is 5.81. The Morgan fingerprint density at radius 1 is 1.44 bits per heavy atom. The van der Waals surface area contributed by atoms with Crippen LogP contribution in [0.5, 0.6) is 0 Å². The highest BCUT2D eigenvalue weighted by Crippen LogP contribution is 2.43. The van der Waals surface area contributed by atoms with E-state index in [-0.39, 0.29) is 12.1 Å². The minimum absolute atomic E-state index is 0.163. The predicted molar refractivity (Wildman–Crippen MR) is 65.7 cm³/mol. The summed E-state index contributed by atoms with van der Waals surface area (Å²) in [6, 6.07) is 0. The molecule has 0 heterocycles. The van der Waals surface area contributed by atoms with E-state index in [9.17, 15) is 9.59 Å². The summed E-state index contributed by atoms with van der Waals surface area (Å²) in [7, 11) is 0. The molecule has 1 saturated carbocycles. The Kier molecular flexibility index (Phi) is 3.55.